The van der Waals surface area contributed by atoms with E-state index in [0.29, 0.717) is 6.42 Å². The zero-order valence-corrected chi connectivity index (χ0v) is 8.94. The Kier molecular flexibility index (Phi) is 4.04. The van der Waals surface area contributed by atoms with Crippen molar-refractivity contribution in [3.05, 3.63) is 34.3 Å². The van der Waals surface area contributed by atoms with Crippen LogP contribution in [0.5, 0.6) is 0 Å². The van der Waals surface area contributed by atoms with E-state index in [1.165, 1.54) is 0 Å². The predicted octanol–water partition coefficient (Wildman–Crippen LogP) is 2.79. The number of rotatable bonds is 3. The van der Waals surface area contributed by atoms with Gasteiger partial charge < -0.3 is 5.11 Å². The number of hydrogen-bond acceptors (Lipinski definition) is 1. The van der Waals surface area contributed by atoms with Crippen molar-refractivity contribution in [1.29, 1.82) is 0 Å². The van der Waals surface area contributed by atoms with Gasteiger partial charge in [0.2, 0.25) is 0 Å². The summed E-state index contributed by atoms with van der Waals surface area (Å²) in [6, 6.07) is 5.69. The van der Waals surface area contributed by atoms with E-state index in [1.807, 2.05) is 25.1 Å². The Bertz CT molecular complexity index is 286. The molecule has 72 valence electrons. The first kappa shape index (κ1) is 10.8. The van der Waals surface area contributed by atoms with Crippen LogP contribution in [-0.4, -0.2) is 17.1 Å². The Hall–Kier alpha value is -0.240. The molecule has 1 atom stereocenters. The topological polar surface area (TPSA) is 20.2 Å². The number of aryl methyl sites for hydroxylation is 1. The van der Waals surface area contributed by atoms with Crippen molar-refractivity contribution in [1.82, 2.24) is 0 Å². The van der Waals surface area contributed by atoms with Gasteiger partial charge in [0.25, 0.3) is 0 Å². The second kappa shape index (κ2) is 4.85. The van der Waals surface area contributed by atoms with Crippen molar-refractivity contribution in [3.8, 4) is 0 Å². The molecule has 1 N–H and O–H groups in total. The Balaban J connectivity index is 2.77. The first-order chi connectivity index (χ1) is 6.13. The first-order valence-electron chi connectivity index (χ1n) is 4.13. The van der Waals surface area contributed by atoms with Gasteiger partial charge in [0.1, 0.15) is 0 Å². The molecule has 0 aliphatic heterocycles. The molecule has 1 aromatic rings. The Labute approximate surface area is 88.3 Å². The van der Waals surface area contributed by atoms with E-state index in [9.17, 15) is 0 Å². The fraction of sp³-hybridized carbons (Fsp3) is 0.400. The van der Waals surface area contributed by atoms with Gasteiger partial charge in [-0.2, -0.15) is 0 Å². The summed E-state index contributed by atoms with van der Waals surface area (Å²) in [6.45, 7) is 1.99. The van der Waals surface area contributed by atoms with E-state index in [0.717, 1.165) is 16.1 Å². The molecule has 13 heavy (non-hydrogen) atoms. The van der Waals surface area contributed by atoms with Crippen LogP contribution >= 0.6 is 23.2 Å². The molecule has 0 spiro atoms. The highest BCUT2D eigenvalue weighted by Gasteiger charge is 2.06. The smallest absolute Gasteiger partial charge is 0.0607 e. The van der Waals surface area contributed by atoms with Crippen LogP contribution in [0.2, 0.25) is 5.02 Å². The molecule has 0 saturated carbocycles. The van der Waals surface area contributed by atoms with Crippen molar-refractivity contribution in [2.45, 2.75) is 18.7 Å². The molecule has 1 aromatic carbocycles. The average molecular weight is 219 g/mol. The highest BCUT2D eigenvalue weighted by Crippen LogP contribution is 2.17. The van der Waals surface area contributed by atoms with Gasteiger partial charge >= 0.3 is 0 Å². The van der Waals surface area contributed by atoms with Crippen molar-refractivity contribution in [2.24, 2.45) is 0 Å². The fourth-order valence-electron chi connectivity index (χ4n) is 1.19. The third kappa shape index (κ3) is 3.18. The molecule has 0 aromatic heterocycles. The number of benzene rings is 1. The zero-order chi connectivity index (χ0) is 9.84. The molecule has 0 aliphatic rings. The van der Waals surface area contributed by atoms with Crippen molar-refractivity contribution in [2.75, 3.05) is 6.61 Å². The SMILES string of the molecule is Cc1cc(Cl)ccc1CC(Cl)CO. The summed E-state index contributed by atoms with van der Waals surface area (Å²) < 4.78 is 0. The molecular formula is C10H12Cl2O. The van der Waals surface area contributed by atoms with Crippen molar-refractivity contribution >= 4 is 23.2 Å². The zero-order valence-electron chi connectivity index (χ0n) is 7.43. The minimum absolute atomic E-state index is 0.00359. The minimum Gasteiger partial charge on any atom is -0.395 e. The number of alkyl halides is 1. The molecule has 1 unspecified atom stereocenters. The highest BCUT2D eigenvalue weighted by atomic mass is 35.5. The second-order valence-corrected chi connectivity index (χ2v) is 4.11. The van der Waals surface area contributed by atoms with E-state index in [2.05, 4.69) is 0 Å². The van der Waals surface area contributed by atoms with Gasteiger partial charge in [-0.15, -0.1) is 11.6 Å². The molecule has 0 bridgehead atoms. The number of hydrogen-bond donors (Lipinski definition) is 1. The molecule has 0 fully saturated rings. The lowest BCUT2D eigenvalue weighted by molar-refractivity contribution is 0.292. The largest absolute Gasteiger partial charge is 0.395 e. The van der Waals surface area contributed by atoms with E-state index in [4.69, 9.17) is 28.3 Å². The summed E-state index contributed by atoms with van der Waals surface area (Å²) in [4.78, 5) is 0. The molecule has 3 heteroatoms. The first-order valence-corrected chi connectivity index (χ1v) is 4.95. The summed E-state index contributed by atoms with van der Waals surface area (Å²) in [5, 5.41) is 9.31. The standard InChI is InChI=1S/C10H12Cl2O/c1-7-4-9(11)3-2-8(7)5-10(12)6-13/h2-4,10,13H,5-6H2,1H3. The number of aliphatic hydroxyl groups excluding tert-OH is 1. The maximum absolute atomic E-state index is 8.78. The summed E-state index contributed by atoms with van der Waals surface area (Å²) in [5.74, 6) is 0. The summed E-state index contributed by atoms with van der Waals surface area (Å²) in [7, 11) is 0. The third-order valence-electron chi connectivity index (χ3n) is 1.94. The van der Waals surface area contributed by atoms with Crippen LogP contribution in [0.3, 0.4) is 0 Å². The van der Waals surface area contributed by atoms with Crippen LogP contribution in [0.4, 0.5) is 0 Å². The Morgan fingerprint density at radius 2 is 2.15 bits per heavy atom. The van der Waals surface area contributed by atoms with Gasteiger partial charge in [0.15, 0.2) is 0 Å². The molecule has 0 saturated heterocycles. The molecule has 0 aliphatic carbocycles. The predicted molar refractivity (Wildman–Crippen MR) is 56.6 cm³/mol. The van der Waals surface area contributed by atoms with E-state index < -0.39 is 0 Å². The van der Waals surface area contributed by atoms with Gasteiger partial charge in [0.05, 0.1) is 12.0 Å². The molecule has 0 heterocycles. The molecule has 1 nitrogen and oxygen atoms in total. The molecule has 0 amide bonds. The third-order valence-corrected chi connectivity index (χ3v) is 2.47. The van der Waals surface area contributed by atoms with Crippen LogP contribution in [0.15, 0.2) is 18.2 Å². The van der Waals surface area contributed by atoms with Crippen LogP contribution in [0.1, 0.15) is 11.1 Å². The van der Waals surface area contributed by atoms with Crippen molar-refractivity contribution < 1.29 is 5.11 Å². The summed E-state index contributed by atoms with van der Waals surface area (Å²) >= 11 is 11.6. The lowest BCUT2D eigenvalue weighted by Crippen LogP contribution is -2.09. The lowest BCUT2D eigenvalue weighted by Gasteiger charge is -2.08. The van der Waals surface area contributed by atoms with E-state index in [1.54, 1.807) is 0 Å². The summed E-state index contributed by atoms with van der Waals surface area (Å²) in [5.41, 5.74) is 2.25. The van der Waals surface area contributed by atoms with Gasteiger partial charge in [-0.3, -0.25) is 0 Å². The Morgan fingerprint density at radius 1 is 1.46 bits per heavy atom. The molecular weight excluding hydrogens is 207 g/mol. The van der Waals surface area contributed by atoms with Gasteiger partial charge in [0, 0.05) is 5.02 Å². The van der Waals surface area contributed by atoms with Gasteiger partial charge in [-0.25, -0.2) is 0 Å². The normalized spacial score (nSPS) is 12.9. The van der Waals surface area contributed by atoms with Crippen molar-refractivity contribution in [3.63, 3.8) is 0 Å². The van der Waals surface area contributed by atoms with E-state index >= 15 is 0 Å². The van der Waals surface area contributed by atoms with E-state index in [-0.39, 0.29) is 12.0 Å². The fourth-order valence-corrected chi connectivity index (χ4v) is 1.58. The van der Waals surface area contributed by atoms with Crippen LogP contribution in [-0.2, 0) is 6.42 Å². The van der Waals surface area contributed by atoms with Crippen LogP contribution in [0.25, 0.3) is 0 Å². The molecule has 1 rings (SSSR count). The van der Waals surface area contributed by atoms with Crippen LogP contribution in [0, 0.1) is 6.92 Å². The number of aliphatic hydroxyl groups is 1. The van der Waals surface area contributed by atoms with Crippen LogP contribution < -0.4 is 0 Å². The average Bonchev–Trinajstić information content (AvgIpc) is 2.09. The maximum Gasteiger partial charge on any atom is 0.0607 e. The quantitative estimate of drug-likeness (QED) is 0.775. The number of halogens is 2. The summed E-state index contributed by atoms with van der Waals surface area (Å²) in [6.07, 6.45) is 0.682. The maximum atomic E-state index is 8.78. The second-order valence-electron chi connectivity index (χ2n) is 3.05. The monoisotopic (exact) mass is 218 g/mol. The van der Waals surface area contributed by atoms with Gasteiger partial charge in [-0.05, 0) is 36.6 Å². The molecule has 0 radical (unpaired) electrons. The minimum atomic E-state index is -0.208. The highest BCUT2D eigenvalue weighted by molar-refractivity contribution is 6.30. The van der Waals surface area contributed by atoms with Gasteiger partial charge in [-0.1, -0.05) is 17.7 Å². The lowest BCUT2D eigenvalue weighted by atomic mass is 10.0. The Morgan fingerprint density at radius 3 is 2.69 bits per heavy atom.